The van der Waals surface area contributed by atoms with Crippen molar-refractivity contribution in [1.29, 1.82) is 0 Å². The fourth-order valence-corrected chi connectivity index (χ4v) is 2.63. The minimum atomic E-state index is 0.354. The summed E-state index contributed by atoms with van der Waals surface area (Å²) in [7, 11) is 3.32. The maximum atomic E-state index is 5.98. The molecule has 1 aromatic carbocycles. The molecule has 0 heterocycles. The van der Waals surface area contributed by atoms with E-state index in [9.17, 15) is 0 Å². The van der Waals surface area contributed by atoms with E-state index in [1.54, 1.807) is 14.2 Å². The van der Waals surface area contributed by atoms with Crippen LogP contribution in [0.25, 0.3) is 0 Å². The van der Waals surface area contributed by atoms with Crippen molar-refractivity contribution in [1.82, 2.24) is 0 Å². The zero-order valence-corrected chi connectivity index (χ0v) is 12.6. The second kappa shape index (κ2) is 6.46. The Morgan fingerprint density at radius 3 is 2.50 bits per heavy atom. The third-order valence-electron chi connectivity index (χ3n) is 4.25. The molecule has 1 aromatic rings. The Labute approximate surface area is 121 Å². The third kappa shape index (κ3) is 3.25. The fourth-order valence-electron chi connectivity index (χ4n) is 2.63. The highest BCUT2D eigenvalue weighted by atomic mass is 16.5. The normalized spacial score (nSPS) is 17.6. The van der Waals surface area contributed by atoms with Crippen molar-refractivity contribution < 1.29 is 14.2 Å². The second-order valence-corrected chi connectivity index (χ2v) is 5.69. The van der Waals surface area contributed by atoms with Crippen molar-refractivity contribution >= 4 is 0 Å². The molecule has 4 heteroatoms. The van der Waals surface area contributed by atoms with Crippen LogP contribution in [-0.4, -0.2) is 34.0 Å². The van der Waals surface area contributed by atoms with Gasteiger partial charge in [0.2, 0.25) is 0 Å². The number of rotatable bonds is 8. The molecule has 0 aliphatic heterocycles. The van der Waals surface area contributed by atoms with Crippen LogP contribution in [-0.2, 0) is 4.74 Å². The number of hydrogen-bond acceptors (Lipinski definition) is 4. The smallest absolute Gasteiger partial charge is 0.161 e. The van der Waals surface area contributed by atoms with Crippen LogP contribution in [0.3, 0.4) is 0 Å². The zero-order valence-electron chi connectivity index (χ0n) is 12.6. The summed E-state index contributed by atoms with van der Waals surface area (Å²) in [4.78, 5) is 0. The summed E-state index contributed by atoms with van der Waals surface area (Å²) in [6.07, 6.45) is 2.50. The minimum Gasteiger partial charge on any atom is -0.493 e. The van der Waals surface area contributed by atoms with Crippen molar-refractivity contribution in [3.05, 3.63) is 23.8 Å². The highest BCUT2D eigenvalue weighted by Crippen LogP contribution is 2.55. The molecule has 1 aliphatic rings. The lowest BCUT2D eigenvalue weighted by Gasteiger charge is -2.23. The molecule has 112 valence electrons. The van der Waals surface area contributed by atoms with Crippen LogP contribution in [0.4, 0.5) is 0 Å². The topological polar surface area (TPSA) is 53.7 Å². The van der Waals surface area contributed by atoms with E-state index in [-0.39, 0.29) is 0 Å². The summed E-state index contributed by atoms with van der Waals surface area (Å²) in [6.45, 7) is 4.05. The molecule has 1 saturated carbocycles. The Morgan fingerprint density at radius 1 is 1.20 bits per heavy atom. The van der Waals surface area contributed by atoms with Crippen molar-refractivity contribution in [3.63, 3.8) is 0 Å². The van der Waals surface area contributed by atoms with Gasteiger partial charge in [0.05, 0.1) is 13.7 Å². The first-order valence-electron chi connectivity index (χ1n) is 7.14. The fraction of sp³-hybridized carbons (Fsp3) is 0.625. The molecule has 2 rings (SSSR count). The number of nitrogens with two attached hydrogens (primary N) is 1. The van der Waals surface area contributed by atoms with Crippen LogP contribution >= 0.6 is 0 Å². The van der Waals surface area contributed by atoms with E-state index in [0.29, 0.717) is 31.1 Å². The van der Waals surface area contributed by atoms with E-state index >= 15 is 0 Å². The molecule has 0 aromatic heterocycles. The van der Waals surface area contributed by atoms with E-state index in [2.05, 4.69) is 19.1 Å². The van der Waals surface area contributed by atoms with E-state index in [4.69, 9.17) is 19.9 Å². The molecule has 1 atom stereocenters. The average molecular weight is 279 g/mol. The standard InChI is InChI=1S/C16H25NO3/c1-16(6-7-16)13(11-17)12-4-5-14(19-3)15(10-12)20-9-8-18-2/h4-5,10,13H,6-9,11,17H2,1-3H3. The van der Waals surface area contributed by atoms with Gasteiger partial charge in [-0.1, -0.05) is 13.0 Å². The maximum absolute atomic E-state index is 5.98. The van der Waals surface area contributed by atoms with Gasteiger partial charge in [-0.3, -0.25) is 0 Å². The lowest BCUT2D eigenvalue weighted by molar-refractivity contribution is 0.144. The van der Waals surface area contributed by atoms with Crippen LogP contribution in [0.5, 0.6) is 11.5 Å². The van der Waals surface area contributed by atoms with Crippen LogP contribution in [0.2, 0.25) is 0 Å². The molecule has 4 nitrogen and oxygen atoms in total. The molecule has 0 radical (unpaired) electrons. The maximum Gasteiger partial charge on any atom is 0.161 e. The number of hydrogen-bond donors (Lipinski definition) is 1. The van der Waals surface area contributed by atoms with Crippen LogP contribution in [0, 0.1) is 5.41 Å². The summed E-state index contributed by atoms with van der Waals surface area (Å²) >= 11 is 0. The summed E-state index contributed by atoms with van der Waals surface area (Å²) in [5.41, 5.74) is 7.57. The van der Waals surface area contributed by atoms with Gasteiger partial charge in [0.25, 0.3) is 0 Å². The van der Waals surface area contributed by atoms with Crippen molar-refractivity contribution in [2.45, 2.75) is 25.7 Å². The van der Waals surface area contributed by atoms with Crippen molar-refractivity contribution in [2.75, 3.05) is 34.0 Å². The van der Waals surface area contributed by atoms with Gasteiger partial charge in [0.15, 0.2) is 11.5 Å². The van der Waals surface area contributed by atoms with Crippen molar-refractivity contribution in [3.8, 4) is 11.5 Å². The number of ether oxygens (including phenoxy) is 3. The van der Waals surface area contributed by atoms with Gasteiger partial charge in [-0.25, -0.2) is 0 Å². The summed E-state index contributed by atoms with van der Waals surface area (Å²) in [6, 6.07) is 6.13. The van der Waals surface area contributed by atoms with Gasteiger partial charge < -0.3 is 19.9 Å². The first-order valence-corrected chi connectivity index (χ1v) is 7.14. The average Bonchev–Trinajstić information content (AvgIpc) is 3.19. The van der Waals surface area contributed by atoms with Gasteiger partial charge in [-0.2, -0.15) is 0 Å². The number of benzene rings is 1. The predicted octanol–water partition coefficient (Wildman–Crippen LogP) is 2.56. The Balaban J connectivity index is 2.19. The SMILES string of the molecule is COCCOc1cc(C(CN)C2(C)CC2)ccc1OC. The van der Waals surface area contributed by atoms with Crippen molar-refractivity contribution in [2.24, 2.45) is 11.1 Å². The van der Waals surface area contributed by atoms with Gasteiger partial charge in [0.1, 0.15) is 6.61 Å². The van der Waals surface area contributed by atoms with Crippen LogP contribution in [0.1, 0.15) is 31.2 Å². The molecule has 1 aliphatic carbocycles. The Bertz CT molecular complexity index is 443. The van der Waals surface area contributed by atoms with Gasteiger partial charge in [0, 0.05) is 13.0 Å². The highest BCUT2D eigenvalue weighted by molar-refractivity contribution is 5.44. The molecule has 1 fully saturated rings. The van der Waals surface area contributed by atoms with E-state index in [0.717, 1.165) is 11.5 Å². The van der Waals surface area contributed by atoms with E-state index in [1.165, 1.54) is 18.4 Å². The second-order valence-electron chi connectivity index (χ2n) is 5.69. The highest BCUT2D eigenvalue weighted by Gasteiger charge is 2.44. The molecule has 2 N–H and O–H groups in total. The molecule has 0 spiro atoms. The summed E-state index contributed by atoms with van der Waals surface area (Å²) < 4.78 is 16.1. The minimum absolute atomic E-state index is 0.354. The van der Waals surface area contributed by atoms with Gasteiger partial charge in [-0.05, 0) is 42.5 Å². The Hall–Kier alpha value is -1.26. The predicted molar refractivity (Wildman–Crippen MR) is 79.5 cm³/mol. The van der Waals surface area contributed by atoms with E-state index in [1.807, 2.05) is 6.07 Å². The molecule has 0 saturated heterocycles. The lowest BCUT2D eigenvalue weighted by Crippen LogP contribution is -2.20. The monoisotopic (exact) mass is 279 g/mol. The summed E-state index contributed by atoms with van der Waals surface area (Å²) in [5, 5.41) is 0. The van der Waals surface area contributed by atoms with Gasteiger partial charge >= 0.3 is 0 Å². The first kappa shape index (κ1) is 15.1. The largest absolute Gasteiger partial charge is 0.493 e. The lowest BCUT2D eigenvalue weighted by atomic mass is 9.84. The first-order chi connectivity index (χ1) is 9.64. The van der Waals surface area contributed by atoms with E-state index < -0.39 is 0 Å². The van der Waals surface area contributed by atoms with Crippen LogP contribution in [0.15, 0.2) is 18.2 Å². The molecular formula is C16H25NO3. The molecule has 0 bridgehead atoms. The Morgan fingerprint density at radius 2 is 1.95 bits per heavy atom. The quantitative estimate of drug-likeness (QED) is 0.743. The molecular weight excluding hydrogens is 254 g/mol. The molecule has 20 heavy (non-hydrogen) atoms. The van der Waals surface area contributed by atoms with Gasteiger partial charge in [-0.15, -0.1) is 0 Å². The third-order valence-corrected chi connectivity index (χ3v) is 4.25. The zero-order chi connectivity index (χ0) is 14.6. The molecule has 1 unspecified atom stereocenters. The molecule has 0 amide bonds. The Kier molecular flexibility index (Phi) is 4.89. The number of methoxy groups -OCH3 is 2. The summed E-state index contributed by atoms with van der Waals surface area (Å²) in [5.74, 6) is 1.91. The van der Waals surface area contributed by atoms with Crippen LogP contribution < -0.4 is 15.2 Å².